The molecular weight excluding hydrogens is 243 g/mol. The maximum atomic E-state index is 7.50. The van der Waals surface area contributed by atoms with Crippen LogP contribution in [-0.4, -0.2) is 0 Å². The molecule has 1 aromatic carbocycles. The molecule has 0 aliphatic rings. The van der Waals surface area contributed by atoms with Gasteiger partial charge in [-0.3, -0.25) is 0 Å². The fraction of sp³-hybridized carbons (Fsp3) is 0. The molecule has 0 N–H and O–H groups in total. The molecule has 14 heavy (non-hydrogen) atoms. The molecule has 1 radical (unpaired) electrons. The number of hydrogen-bond acceptors (Lipinski definition) is 0. The first kappa shape index (κ1) is 29.2. The Kier molecular flexibility index (Phi) is 180. The molecule has 0 atom stereocenters. The minimum Gasteiger partial charge on any atom is -0.214 e. The van der Waals surface area contributed by atoms with Crippen LogP contribution in [0.1, 0.15) is 0 Å². The van der Waals surface area contributed by atoms with E-state index in [1.165, 1.54) is 0 Å². The van der Waals surface area contributed by atoms with Gasteiger partial charge in [0.2, 0.25) is 0 Å². The monoisotopic (exact) mass is 248 g/mol. The van der Waals surface area contributed by atoms with Crippen LogP contribution in [0.5, 0.6) is 0 Å². The molecule has 0 bridgehead atoms. The summed E-state index contributed by atoms with van der Waals surface area (Å²) < 4.78 is 22.5. The van der Waals surface area contributed by atoms with Crippen LogP contribution in [0.15, 0.2) is 30.3 Å². The minimum atomic E-state index is 0. The zero-order valence-corrected chi connectivity index (χ0v) is 8.89. The van der Waals surface area contributed by atoms with Crippen molar-refractivity contribution in [3.05, 3.63) is 56.0 Å². The molecule has 71 valence electrons. The van der Waals surface area contributed by atoms with Crippen molar-refractivity contribution in [3.8, 4) is 0 Å². The Morgan fingerprint density at radius 2 is 1.00 bits per heavy atom. The summed E-state index contributed by atoms with van der Waals surface area (Å²) in [5, 5.41) is 0. The van der Waals surface area contributed by atoms with Crippen LogP contribution in [0.25, 0.3) is 0 Å². The van der Waals surface area contributed by atoms with Crippen LogP contribution in [0.2, 0.25) is 0 Å². The molecule has 0 amide bonds. The molecular formula is C9H5MnO3S+. The van der Waals surface area contributed by atoms with Crippen molar-refractivity contribution in [2.45, 2.75) is 0 Å². The van der Waals surface area contributed by atoms with Gasteiger partial charge in [0.1, 0.15) is 0 Å². The molecule has 0 saturated carbocycles. The molecule has 0 heterocycles. The van der Waals surface area contributed by atoms with Crippen LogP contribution in [0, 0.1) is 25.6 Å². The third kappa shape index (κ3) is 65.8. The third-order valence-electron chi connectivity index (χ3n) is 0.556. The van der Waals surface area contributed by atoms with E-state index in [0.717, 1.165) is 0 Å². The summed E-state index contributed by atoms with van der Waals surface area (Å²) in [7, 11) is 0. The summed E-state index contributed by atoms with van der Waals surface area (Å²) in [6, 6.07) is 10.0. The van der Waals surface area contributed by atoms with Gasteiger partial charge in [-0.2, -0.15) is 18.2 Å². The van der Waals surface area contributed by atoms with Gasteiger partial charge in [-0.1, -0.05) is 0 Å². The molecule has 0 spiro atoms. The van der Waals surface area contributed by atoms with Crippen molar-refractivity contribution in [3.63, 3.8) is 0 Å². The van der Waals surface area contributed by atoms with Gasteiger partial charge in [0.05, 0.1) is 0 Å². The SMILES string of the molecule is [C-]#[O+].[C-]#[O+].[C-]#[O+].[C-]#[S+].[Mn+2].c1cc[cH-]c1. The summed E-state index contributed by atoms with van der Waals surface area (Å²) in [5.41, 5.74) is 5.33. The molecule has 5 heteroatoms. The first-order chi connectivity index (χ1) is 6.50. The first-order valence-corrected chi connectivity index (χ1v) is 2.89. The van der Waals surface area contributed by atoms with Crippen molar-refractivity contribution in [2.75, 3.05) is 0 Å². The average Bonchev–Trinajstić information content (AvgIpc) is 2.87. The molecule has 0 aliphatic heterocycles. The van der Waals surface area contributed by atoms with E-state index in [1.54, 1.807) is 0 Å². The quantitative estimate of drug-likeness (QED) is 0.378. The summed E-state index contributed by atoms with van der Waals surface area (Å²) in [6.07, 6.45) is 0. The molecule has 0 fully saturated rings. The summed E-state index contributed by atoms with van der Waals surface area (Å²) in [6.45, 7) is 13.5. The number of hydrogen-bond donors (Lipinski definition) is 0. The van der Waals surface area contributed by atoms with E-state index in [2.05, 4.69) is 32.0 Å². The van der Waals surface area contributed by atoms with Crippen LogP contribution in [0.3, 0.4) is 0 Å². The maximum Gasteiger partial charge on any atom is 2.00 e. The number of rotatable bonds is 0. The Balaban J connectivity index is -0.0000000267. The molecule has 1 aromatic rings. The standard InChI is InChI=1S/C5H5.3CO.CS.Mn/c1-2-4-5-3-1;4*1-2;/h1-5H;;;;;/q-1;;;;;+2. The normalized spacial score (nSPS) is 3.43. The van der Waals surface area contributed by atoms with E-state index in [4.69, 9.17) is 19.6 Å². The summed E-state index contributed by atoms with van der Waals surface area (Å²) in [5.74, 6) is 0. The van der Waals surface area contributed by atoms with E-state index >= 15 is 0 Å². The molecule has 0 saturated heterocycles. The minimum absolute atomic E-state index is 0. The van der Waals surface area contributed by atoms with E-state index < -0.39 is 0 Å². The zero-order chi connectivity index (χ0) is 11.5. The molecule has 0 aliphatic carbocycles. The molecule has 1 rings (SSSR count). The maximum absolute atomic E-state index is 7.50. The summed E-state index contributed by atoms with van der Waals surface area (Å²) >= 11 is 3.33. The first-order valence-electron chi connectivity index (χ1n) is 2.48. The van der Waals surface area contributed by atoms with Crippen LogP contribution in [-0.2, 0) is 43.1 Å². The van der Waals surface area contributed by atoms with Gasteiger partial charge in [-0.05, 0) is 0 Å². The van der Waals surface area contributed by atoms with Gasteiger partial charge in [-0.25, -0.2) is 12.1 Å². The summed E-state index contributed by atoms with van der Waals surface area (Å²) in [4.78, 5) is 0. The topological polar surface area (TPSA) is 59.7 Å². The molecule has 0 unspecified atom stereocenters. The van der Waals surface area contributed by atoms with E-state index in [-0.39, 0.29) is 17.1 Å². The Labute approximate surface area is 99.1 Å². The van der Waals surface area contributed by atoms with Crippen molar-refractivity contribution in [1.82, 2.24) is 0 Å². The Morgan fingerprint density at radius 1 is 0.786 bits per heavy atom. The van der Waals surface area contributed by atoms with Gasteiger partial charge in [-0.15, -0.1) is 0 Å². The van der Waals surface area contributed by atoms with E-state index in [1.807, 2.05) is 30.3 Å². The molecule has 3 nitrogen and oxygen atoms in total. The Hall–Kier alpha value is -0.781. The molecule has 0 aromatic heterocycles. The van der Waals surface area contributed by atoms with Gasteiger partial charge in [0, 0.05) is 0 Å². The second kappa shape index (κ2) is 86.4. The van der Waals surface area contributed by atoms with Crippen molar-refractivity contribution >= 4 is 12.0 Å². The van der Waals surface area contributed by atoms with Gasteiger partial charge < -0.3 is 0 Å². The Bertz CT molecular complexity index is 170. The van der Waals surface area contributed by atoms with E-state index in [0.29, 0.717) is 0 Å². The smallest absolute Gasteiger partial charge is 0.214 e. The predicted molar refractivity (Wildman–Crippen MR) is 44.4 cm³/mol. The van der Waals surface area contributed by atoms with Crippen LogP contribution in [0.4, 0.5) is 0 Å². The van der Waals surface area contributed by atoms with Crippen LogP contribution >= 0.6 is 0 Å². The van der Waals surface area contributed by atoms with Crippen molar-refractivity contribution in [1.29, 1.82) is 0 Å². The Morgan fingerprint density at radius 3 is 1.07 bits per heavy atom. The van der Waals surface area contributed by atoms with Gasteiger partial charge >= 0.3 is 68.7 Å². The van der Waals surface area contributed by atoms with E-state index in [9.17, 15) is 0 Å². The zero-order valence-electron chi connectivity index (χ0n) is 6.90. The van der Waals surface area contributed by atoms with Crippen molar-refractivity contribution in [2.24, 2.45) is 0 Å². The largest absolute Gasteiger partial charge is 2.00 e. The predicted octanol–water partition coefficient (Wildman–Crippen LogP) is 1.37. The van der Waals surface area contributed by atoms with Gasteiger partial charge in [0.15, 0.2) is 0 Å². The second-order valence-corrected chi connectivity index (χ2v) is 0.962. The fourth-order valence-electron chi connectivity index (χ4n) is 0.321. The van der Waals surface area contributed by atoms with Crippen LogP contribution < -0.4 is 0 Å². The van der Waals surface area contributed by atoms with Gasteiger partial charge in [0.25, 0.3) is 0 Å². The van der Waals surface area contributed by atoms with Crippen molar-refractivity contribution < 1.29 is 31.0 Å². The third-order valence-corrected chi connectivity index (χ3v) is 0.556. The fourth-order valence-corrected chi connectivity index (χ4v) is 0.321. The second-order valence-electron chi connectivity index (χ2n) is 0.962. The average molecular weight is 248 g/mol.